The number of esters is 1. The summed E-state index contributed by atoms with van der Waals surface area (Å²) in [6.45, 7) is 5.46. The van der Waals surface area contributed by atoms with Crippen LogP contribution in [0.1, 0.15) is 32.8 Å². The number of ether oxygens (including phenoxy) is 1. The van der Waals surface area contributed by atoms with Crippen molar-refractivity contribution in [2.45, 2.75) is 27.2 Å². The minimum atomic E-state index is -0.348. The molecular weight excluding hydrogens is 240 g/mol. The second kappa shape index (κ2) is 7.52. The lowest BCUT2D eigenvalue weighted by Crippen LogP contribution is -2.14. The van der Waals surface area contributed by atoms with Crippen molar-refractivity contribution in [3.05, 3.63) is 41.5 Å². The monoisotopic (exact) mass is 260 g/mol. The molecule has 0 N–H and O–H groups in total. The van der Waals surface area contributed by atoms with E-state index in [1.807, 2.05) is 37.3 Å². The van der Waals surface area contributed by atoms with Gasteiger partial charge in [0.25, 0.3) is 0 Å². The van der Waals surface area contributed by atoms with Gasteiger partial charge in [-0.2, -0.15) is 0 Å². The third-order valence-corrected chi connectivity index (χ3v) is 2.90. The van der Waals surface area contributed by atoms with Gasteiger partial charge in [-0.3, -0.25) is 4.79 Å². The molecule has 0 radical (unpaired) electrons. The second-order valence-electron chi connectivity index (χ2n) is 4.52. The van der Waals surface area contributed by atoms with E-state index in [1.54, 1.807) is 13.0 Å². The minimum Gasteiger partial charge on any atom is -0.463 e. The van der Waals surface area contributed by atoms with Crippen LogP contribution in [-0.2, 0) is 14.3 Å². The third kappa shape index (κ3) is 5.08. The van der Waals surface area contributed by atoms with Crippen molar-refractivity contribution in [2.24, 2.45) is 5.92 Å². The molecule has 1 aromatic rings. The fourth-order valence-electron chi connectivity index (χ4n) is 1.65. The molecule has 0 saturated carbocycles. The van der Waals surface area contributed by atoms with E-state index in [-0.39, 0.29) is 17.7 Å². The van der Waals surface area contributed by atoms with Gasteiger partial charge in [-0.25, -0.2) is 4.79 Å². The molecule has 0 spiro atoms. The molecular formula is C16H20O3. The minimum absolute atomic E-state index is 0.0725. The Bertz CT molecular complexity index is 460. The number of hydrogen-bond donors (Lipinski definition) is 0. The summed E-state index contributed by atoms with van der Waals surface area (Å²) in [5.74, 6) is -0.456. The van der Waals surface area contributed by atoms with Gasteiger partial charge in [0.15, 0.2) is 0 Å². The summed E-state index contributed by atoms with van der Waals surface area (Å²) >= 11 is 0. The number of carbonyl (C=O) groups is 2. The molecule has 3 heteroatoms. The van der Waals surface area contributed by atoms with Crippen LogP contribution in [0.15, 0.2) is 35.9 Å². The topological polar surface area (TPSA) is 43.4 Å². The van der Waals surface area contributed by atoms with Crippen LogP contribution in [0.4, 0.5) is 0 Å². The standard InChI is InChI=1S/C16H20O3/c1-4-19-16(18)15(10-12(2)13(3)17)11-14-8-6-5-7-9-14/h5-9,11-12H,4,10H2,1-3H3/b15-11-. The molecule has 1 unspecified atom stereocenters. The Morgan fingerprint density at radius 1 is 1.26 bits per heavy atom. The van der Waals surface area contributed by atoms with Crippen molar-refractivity contribution in [2.75, 3.05) is 6.61 Å². The van der Waals surface area contributed by atoms with Crippen LogP contribution in [0.2, 0.25) is 0 Å². The molecule has 0 amide bonds. The van der Waals surface area contributed by atoms with Crippen molar-refractivity contribution >= 4 is 17.8 Å². The summed E-state index contributed by atoms with van der Waals surface area (Å²) in [6.07, 6.45) is 2.19. The molecule has 1 atom stereocenters. The molecule has 0 fully saturated rings. The Hall–Kier alpha value is -1.90. The Balaban J connectivity index is 2.95. The first kappa shape index (κ1) is 15.2. The SMILES string of the molecule is CCOC(=O)/C(=C\c1ccccc1)CC(C)C(C)=O. The van der Waals surface area contributed by atoms with Crippen molar-refractivity contribution in [1.29, 1.82) is 0 Å². The lowest BCUT2D eigenvalue weighted by Gasteiger charge is -2.11. The van der Waals surface area contributed by atoms with Gasteiger partial charge in [-0.15, -0.1) is 0 Å². The van der Waals surface area contributed by atoms with Gasteiger partial charge < -0.3 is 4.74 Å². The van der Waals surface area contributed by atoms with Crippen LogP contribution in [0.5, 0.6) is 0 Å². The van der Waals surface area contributed by atoms with E-state index in [1.165, 1.54) is 6.92 Å². The van der Waals surface area contributed by atoms with Crippen LogP contribution >= 0.6 is 0 Å². The van der Waals surface area contributed by atoms with Gasteiger partial charge in [-0.1, -0.05) is 37.3 Å². The molecule has 0 aliphatic carbocycles. The van der Waals surface area contributed by atoms with E-state index >= 15 is 0 Å². The number of Topliss-reactive ketones (excluding diaryl/α,β-unsaturated/α-hetero) is 1. The average Bonchev–Trinajstić information content (AvgIpc) is 2.39. The highest BCUT2D eigenvalue weighted by Crippen LogP contribution is 2.17. The molecule has 19 heavy (non-hydrogen) atoms. The molecule has 3 nitrogen and oxygen atoms in total. The van der Waals surface area contributed by atoms with Crippen LogP contribution in [0.3, 0.4) is 0 Å². The zero-order valence-electron chi connectivity index (χ0n) is 11.7. The van der Waals surface area contributed by atoms with Crippen LogP contribution in [0.25, 0.3) is 6.08 Å². The molecule has 1 rings (SSSR count). The van der Waals surface area contributed by atoms with Gasteiger partial charge in [0.2, 0.25) is 0 Å². The number of benzene rings is 1. The average molecular weight is 260 g/mol. The largest absolute Gasteiger partial charge is 0.463 e. The fourth-order valence-corrected chi connectivity index (χ4v) is 1.65. The first-order valence-electron chi connectivity index (χ1n) is 6.47. The zero-order chi connectivity index (χ0) is 14.3. The Morgan fingerprint density at radius 3 is 2.42 bits per heavy atom. The predicted octanol–water partition coefficient (Wildman–Crippen LogP) is 3.25. The quantitative estimate of drug-likeness (QED) is 0.582. The smallest absolute Gasteiger partial charge is 0.334 e. The van der Waals surface area contributed by atoms with Crippen molar-refractivity contribution < 1.29 is 14.3 Å². The number of carbonyl (C=O) groups excluding carboxylic acids is 2. The lowest BCUT2D eigenvalue weighted by atomic mass is 9.96. The van der Waals surface area contributed by atoms with Crippen LogP contribution in [0, 0.1) is 5.92 Å². The second-order valence-corrected chi connectivity index (χ2v) is 4.52. The Morgan fingerprint density at radius 2 is 1.89 bits per heavy atom. The Labute approximate surface area is 114 Å². The normalized spacial score (nSPS) is 12.9. The maximum absolute atomic E-state index is 11.9. The van der Waals surface area contributed by atoms with E-state index in [0.29, 0.717) is 18.6 Å². The summed E-state index contributed by atoms with van der Waals surface area (Å²) < 4.78 is 5.04. The van der Waals surface area contributed by atoms with Gasteiger partial charge in [0, 0.05) is 11.5 Å². The zero-order valence-corrected chi connectivity index (χ0v) is 11.7. The van der Waals surface area contributed by atoms with E-state index in [4.69, 9.17) is 4.74 Å². The summed E-state index contributed by atoms with van der Waals surface area (Å²) in [5, 5.41) is 0. The first-order chi connectivity index (χ1) is 9.04. The maximum Gasteiger partial charge on any atom is 0.334 e. The van der Waals surface area contributed by atoms with Crippen molar-refractivity contribution in [1.82, 2.24) is 0 Å². The van der Waals surface area contributed by atoms with Gasteiger partial charge >= 0.3 is 5.97 Å². The van der Waals surface area contributed by atoms with E-state index < -0.39 is 0 Å². The number of hydrogen-bond acceptors (Lipinski definition) is 3. The number of ketones is 1. The first-order valence-corrected chi connectivity index (χ1v) is 6.47. The molecule has 0 heterocycles. The highest BCUT2D eigenvalue weighted by atomic mass is 16.5. The van der Waals surface area contributed by atoms with Crippen molar-refractivity contribution in [3.8, 4) is 0 Å². The lowest BCUT2D eigenvalue weighted by molar-refractivity contribution is -0.138. The summed E-state index contributed by atoms with van der Waals surface area (Å²) in [7, 11) is 0. The van der Waals surface area contributed by atoms with E-state index in [2.05, 4.69) is 0 Å². The molecule has 102 valence electrons. The summed E-state index contributed by atoms with van der Waals surface area (Å²) in [6, 6.07) is 9.56. The third-order valence-electron chi connectivity index (χ3n) is 2.90. The van der Waals surface area contributed by atoms with Gasteiger partial charge in [0.1, 0.15) is 5.78 Å². The van der Waals surface area contributed by atoms with Crippen molar-refractivity contribution in [3.63, 3.8) is 0 Å². The molecule has 1 aromatic carbocycles. The highest BCUT2D eigenvalue weighted by Gasteiger charge is 2.17. The molecule has 0 aliphatic rings. The number of rotatable bonds is 6. The molecule has 0 bridgehead atoms. The predicted molar refractivity (Wildman–Crippen MR) is 75.5 cm³/mol. The van der Waals surface area contributed by atoms with E-state index in [9.17, 15) is 9.59 Å². The highest BCUT2D eigenvalue weighted by molar-refractivity contribution is 5.94. The van der Waals surface area contributed by atoms with E-state index in [0.717, 1.165) is 5.56 Å². The van der Waals surface area contributed by atoms with Crippen LogP contribution < -0.4 is 0 Å². The summed E-state index contributed by atoms with van der Waals surface area (Å²) in [5.41, 5.74) is 1.47. The Kier molecular flexibility index (Phi) is 6.00. The summed E-state index contributed by atoms with van der Waals surface area (Å²) in [4.78, 5) is 23.2. The van der Waals surface area contributed by atoms with Gasteiger partial charge in [0.05, 0.1) is 6.61 Å². The molecule has 0 aliphatic heterocycles. The fraction of sp³-hybridized carbons (Fsp3) is 0.375. The van der Waals surface area contributed by atoms with Crippen LogP contribution in [-0.4, -0.2) is 18.4 Å². The maximum atomic E-state index is 11.9. The molecule has 0 saturated heterocycles. The van der Waals surface area contributed by atoms with Gasteiger partial charge in [-0.05, 0) is 31.9 Å². The molecule has 0 aromatic heterocycles.